The van der Waals surface area contributed by atoms with Crippen LogP contribution in [0.25, 0.3) is 0 Å². The van der Waals surface area contributed by atoms with Gasteiger partial charge < -0.3 is 19.8 Å². The minimum atomic E-state index is -4.35. The molecule has 0 rings (SSSR count). The molecule has 3 atom stereocenters. The van der Waals surface area contributed by atoms with Gasteiger partial charge in [0, 0.05) is 6.42 Å². The topological polar surface area (TPSA) is 105 Å². The SMILES string of the molecule is CCCCCC/C=C/CC/C=C/CC/C=C/C(O)C(COP(=O)(O)OCC[N+](C)(C)C)NC(=O)CCCCCCCCCCCCCCCCCCCCCCCCCCCCCCCCCCCC. The Morgan fingerprint density at radius 1 is 0.471 bits per heavy atom. The average molecular weight is 1010 g/mol. The number of hydrogen-bond donors (Lipinski definition) is 3. The number of unbranched alkanes of at least 4 members (excludes halogenated alkanes) is 39. The lowest BCUT2D eigenvalue weighted by molar-refractivity contribution is -0.870. The molecule has 0 saturated carbocycles. The molecule has 0 saturated heterocycles. The van der Waals surface area contributed by atoms with E-state index < -0.39 is 20.0 Å². The van der Waals surface area contributed by atoms with E-state index in [9.17, 15) is 19.4 Å². The van der Waals surface area contributed by atoms with Gasteiger partial charge in [-0.2, -0.15) is 0 Å². The van der Waals surface area contributed by atoms with E-state index in [1.807, 2.05) is 27.2 Å². The summed E-state index contributed by atoms with van der Waals surface area (Å²) in [4.78, 5) is 23.3. The number of amides is 1. The number of likely N-dealkylation sites (N-methyl/N-ethyl adjacent to an activating group) is 1. The number of carbonyl (C=O) groups excluding carboxylic acids is 1. The van der Waals surface area contributed by atoms with Crippen LogP contribution >= 0.6 is 7.82 Å². The third-order valence-electron chi connectivity index (χ3n) is 13.8. The summed E-state index contributed by atoms with van der Waals surface area (Å²) in [7, 11) is 1.56. The summed E-state index contributed by atoms with van der Waals surface area (Å²) in [5.41, 5.74) is 0. The van der Waals surface area contributed by atoms with Gasteiger partial charge in [0.25, 0.3) is 0 Å². The minimum Gasteiger partial charge on any atom is -0.387 e. The molecule has 0 aromatic heterocycles. The zero-order chi connectivity index (χ0) is 51.3. The van der Waals surface area contributed by atoms with Gasteiger partial charge in [0.15, 0.2) is 0 Å². The lowest BCUT2D eigenvalue weighted by Gasteiger charge is -2.25. The van der Waals surface area contributed by atoms with Gasteiger partial charge in [-0.1, -0.05) is 281 Å². The third kappa shape index (κ3) is 54.5. The number of carbonyl (C=O) groups is 1. The molecular weight excluding hydrogens is 888 g/mol. The largest absolute Gasteiger partial charge is 0.472 e. The summed E-state index contributed by atoms with van der Waals surface area (Å²) in [6, 6.07) is -0.867. The standard InChI is InChI=1S/C61H119N2O6P/c1-6-8-10-12-14-16-18-20-22-23-24-25-26-27-28-29-30-31-32-33-34-35-36-37-38-39-40-41-43-45-47-49-51-53-55-61(65)62-59(58-69-70(66,67)68-57-56-63(3,4)5)60(64)54-52-50-48-46-44-42-21-19-17-15-13-11-9-7-2/h17,19,44,46,52,54,59-60,64H,6-16,18,20-43,45,47-51,53,55-58H2,1-5H3,(H-,62,65,66,67)/p+1/b19-17+,46-44+,54-52+. The van der Waals surface area contributed by atoms with Crippen molar-refractivity contribution in [3.8, 4) is 0 Å². The maximum absolute atomic E-state index is 13.0. The van der Waals surface area contributed by atoms with Crippen LogP contribution in [0.1, 0.15) is 296 Å². The first-order chi connectivity index (χ1) is 34.0. The Labute approximate surface area is 436 Å². The van der Waals surface area contributed by atoms with Crippen LogP contribution in [0.2, 0.25) is 0 Å². The number of aliphatic hydroxyl groups is 1. The quantitative estimate of drug-likeness (QED) is 0.0243. The Hall–Kier alpha value is -1.28. The van der Waals surface area contributed by atoms with Crippen LogP contribution in [-0.4, -0.2) is 73.4 Å². The molecule has 0 aromatic carbocycles. The summed E-state index contributed by atoms with van der Waals surface area (Å²) in [6.45, 7) is 4.79. The second-order valence-electron chi connectivity index (χ2n) is 22.1. The number of rotatable bonds is 56. The van der Waals surface area contributed by atoms with Crippen molar-refractivity contribution in [3.63, 3.8) is 0 Å². The van der Waals surface area contributed by atoms with Gasteiger partial charge in [0.1, 0.15) is 13.2 Å². The number of nitrogens with zero attached hydrogens (tertiary/aromatic N) is 1. The number of phosphoric ester groups is 1. The Balaban J connectivity index is 3.98. The zero-order valence-corrected chi connectivity index (χ0v) is 48.2. The molecule has 0 aliphatic heterocycles. The van der Waals surface area contributed by atoms with Crippen molar-refractivity contribution in [3.05, 3.63) is 36.5 Å². The smallest absolute Gasteiger partial charge is 0.387 e. The average Bonchev–Trinajstić information content (AvgIpc) is 3.32. The van der Waals surface area contributed by atoms with E-state index in [1.165, 1.54) is 231 Å². The zero-order valence-electron chi connectivity index (χ0n) is 47.3. The maximum atomic E-state index is 13.0. The van der Waals surface area contributed by atoms with E-state index in [0.29, 0.717) is 17.4 Å². The molecule has 0 aliphatic rings. The van der Waals surface area contributed by atoms with Gasteiger partial charge in [-0.25, -0.2) is 4.57 Å². The number of nitrogens with one attached hydrogen (secondary N) is 1. The molecule has 0 spiro atoms. The van der Waals surface area contributed by atoms with Crippen LogP contribution in [0.4, 0.5) is 0 Å². The summed E-state index contributed by atoms with van der Waals surface area (Å²) < 4.78 is 23.6. The fourth-order valence-corrected chi connectivity index (χ4v) is 9.81. The fourth-order valence-electron chi connectivity index (χ4n) is 9.08. The van der Waals surface area contributed by atoms with E-state index in [0.717, 1.165) is 44.9 Å². The molecule has 70 heavy (non-hydrogen) atoms. The first kappa shape index (κ1) is 68.7. The van der Waals surface area contributed by atoms with Crippen molar-refractivity contribution in [1.82, 2.24) is 5.32 Å². The molecule has 0 aliphatic carbocycles. The van der Waals surface area contributed by atoms with Crippen molar-refractivity contribution in [1.29, 1.82) is 0 Å². The van der Waals surface area contributed by atoms with Crippen molar-refractivity contribution in [2.75, 3.05) is 40.9 Å². The Morgan fingerprint density at radius 3 is 1.14 bits per heavy atom. The highest BCUT2D eigenvalue weighted by atomic mass is 31.2. The third-order valence-corrected chi connectivity index (χ3v) is 14.8. The normalized spacial score (nSPS) is 14.1. The number of allylic oxidation sites excluding steroid dienone is 5. The highest BCUT2D eigenvalue weighted by molar-refractivity contribution is 7.47. The Kier molecular flexibility index (Phi) is 51.6. The number of phosphoric acid groups is 1. The monoisotopic (exact) mass is 1010 g/mol. The molecular formula is C61H120N2O6P+. The molecule has 9 heteroatoms. The van der Waals surface area contributed by atoms with E-state index in [4.69, 9.17) is 9.05 Å². The Morgan fingerprint density at radius 2 is 0.786 bits per heavy atom. The highest BCUT2D eigenvalue weighted by Gasteiger charge is 2.27. The molecule has 0 heterocycles. The molecule has 8 nitrogen and oxygen atoms in total. The van der Waals surface area contributed by atoms with Crippen LogP contribution in [0.3, 0.4) is 0 Å². The van der Waals surface area contributed by atoms with Crippen LogP contribution in [0.5, 0.6) is 0 Å². The number of quaternary nitrogens is 1. The van der Waals surface area contributed by atoms with E-state index in [2.05, 4.69) is 43.5 Å². The van der Waals surface area contributed by atoms with Crippen molar-refractivity contribution in [2.24, 2.45) is 0 Å². The van der Waals surface area contributed by atoms with E-state index >= 15 is 0 Å². The fraction of sp³-hybridized carbons (Fsp3) is 0.885. The lowest BCUT2D eigenvalue weighted by atomic mass is 10.0. The van der Waals surface area contributed by atoms with Crippen LogP contribution in [0.15, 0.2) is 36.5 Å². The number of hydrogen-bond acceptors (Lipinski definition) is 5. The maximum Gasteiger partial charge on any atom is 0.472 e. The summed E-state index contributed by atoms with van der Waals surface area (Å²) in [5, 5.41) is 13.9. The summed E-state index contributed by atoms with van der Waals surface area (Å²) in [6.07, 6.45) is 68.6. The van der Waals surface area contributed by atoms with Crippen molar-refractivity contribution >= 4 is 13.7 Å². The Bertz CT molecular complexity index is 1230. The van der Waals surface area contributed by atoms with E-state index in [-0.39, 0.29) is 19.1 Å². The second kappa shape index (κ2) is 52.6. The summed E-state index contributed by atoms with van der Waals surface area (Å²) in [5.74, 6) is -0.186. The number of aliphatic hydroxyl groups excluding tert-OH is 1. The lowest BCUT2D eigenvalue weighted by Crippen LogP contribution is -2.45. The highest BCUT2D eigenvalue weighted by Crippen LogP contribution is 2.43. The van der Waals surface area contributed by atoms with Crippen LogP contribution in [-0.2, 0) is 18.4 Å². The minimum absolute atomic E-state index is 0.0549. The molecule has 0 aromatic rings. The van der Waals surface area contributed by atoms with Gasteiger partial charge in [0.2, 0.25) is 5.91 Å². The predicted molar refractivity (Wildman–Crippen MR) is 304 cm³/mol. The first-order valence-corrected chi connectivity index (χ1v) is 31.9. The van der Waals surface area contributed by atoms with Gasteiger partial charge in [-0.3, -0.25) is 13.8 Å². The van der Waals surface area contributed by atoms with Gasteiger partial charge >= 0.3 is 7.82 Å². The molecule has 1 amide bonds. The molecule has 3 unspecified atom stereocenters. The van der Waals surface area contributed by atoms with Crippen molar-refractivity contribution < 1.29 is 32.9 Å². The first-order valence-electron chi connectivity index (χ1n) is 30.4. The predicted octanol–water partition coefficient (Wildman–Crippen LogP) is 18.5. The van der Waals surface area contributed by atoms with Gasteiger partial charge in [-0.15, -0.1) is 0 Å². The molecule has 0 bridgehead atoms. The van der Waals surface area contributed by atoms with Gasteiger partial charge in [0.05, 0.1) is 39.9 Å². The van der Waals surface area contributed by atoms with Gasteiger partial charge in [-0.05, 0) is 44.9 Å². The molecule has 0 fully saturated rings. The van der Waals surface area contributed by atoms with Crippen molar-refractivity contribution in [2.45, 2.75) is 309 Å². The van der Waals surface area contributed by atoms with Crippen LogP contribution in [0, 0.1) is 0 Å². The van der Waals surface area contributed by atoms with E-state index in [1.54, 1.807) is 6.08 Å². The second-order valence-corrected chi connectivity index (χ2v) is 23.5. The molecule has 3 N–H and O–H groups in total. The van der Waals surface area contributed by atoms with Crippen LogP contribution < -0.4 is 5.32 Å². The molecule has 0 radical (unpaired) electrons. The summed E-state index contributed by atoms with van der Waals surface area (Å²) >= 11 is 0. The molecule has 414 valence electrons.